The number of amides is 2. The molecule has 0 atom stereocenters. The fraction of sp³-hybridized carbons (Fsp3) is 0.114. The Morgan fingerprint density at radius 3 is 1.43 bits per heavy atom. The van der Waals surface area contributed by atoms with Crippen LogP contribution in [0.5, 0.6) is 0 Å². The summed E-state index contributed by atoms with van der Waals surface area (Å²) < 4.78 is 134. The molecule has 2 N–H and O–H groups in total. The SMILES string of the molecule is Cn1cc(C(F)(F)F)cc1-c1ccc(NC(=O)c2c(F)cccc2F)nc1.Cn1cc(C(F)(F)F)cc1-c1cnc(NC(=O)c2c(F)cccc2F)cn1. The molecule has 0 aliphatic carbocycles. The smallest absolute Gasteiger partial charge is 0.350 e. The summed E-state index contributed by atoms with van der Waals surface area (Å²) in [6.07, 6.45) is -3.64. The topological polar surface area (TPSA) is 107 Å². The molecule has 0 fully saturated rings. The lowest BCUT2D eigenvalue weighted by atomic mass is 10.1. The van der Waals surface area contributed by atoms with Gasteiger partial charge in [0.15, 0.2) is 5.82 Å². The summed E-state index contributed by atoms with van der Waals surface area (Å²) in [6.45, 7) is 0. The fourth-order valence-corrected chi connectivity index (χ4v) is 4.91. The number of rotatable bonds is 6. The van der Waals surface area contributed by atoms with Crippen molar-refractivity contribution in [2.75, 3.05) is 10.6 Å². The van der Waals surface area contributed by atoms with Crippen LogP contribution in [0.25, 0.3) is 22.6 Å². The predicted octanol–water partition coefficient (Wildman–Crippen LogP) is 8.67. The van der Waals surface area contributed by atoms with Crippen molar-refractivity contribution in [3.63, 3.8) is 0 Å². The maximum atomic E-state index is 13.6. The van der Waals surface area contributed by atoms with Crippen LogP contribution in [0, 0.1) is 23.3 Å². The zero-order valence-corrected chi connectivity index (χ0v) is 27.5. The molecule has 0 saturated carbocycles. The van der Waals surface area contributed by atoms with Crippen LogP contribution in [-0.4, -0.2) is 35.9 Å². The fourth-order valence-electron chi connectivity index (χ4n) is 4.91. The molecule has 0 radical (unpaired) electrons. The van der Waals surface area contributed by atoms with E-state index in [0.29, 0.717) is 5.56 Å². The predicted molar refractivity (Wildman–Crippen MR) is 174 cm³/mol. The van der Waals surface area contributed by atoms with E-state index in [0.717, 1.165) is 73.3 Å². The van der Waals surface area contributed by atoms with E-state index in [2.05, 4.69) is 25.6 Å². The number of anilines is 2. The summed E-state index contributed by atoms with van der Waals surface area (Å²) in [7, 11) is 2.88. The van der Waals surface area contributed by atoms with E-state index in [-0.39, 0.29) is 28.7 Å². The standard InChI is InChI=1S/C18H12F5N3O.C17H11F5N4O/c1-26-9-11(18(21,22)23)7-14(26)10-5-6-15(24-8-10)25-17(27)16-12(19)3-2-4-13(16)20;1-26-8-9(17(20,21)22)5-13(26)12-6-24-14(7-23-12)25-16(27)15-10(18)3-2-4-11(15)19/h2-9H,1H3,(H,24,25,27);2-8H,1H3,(H,24,25,27). The molecule has 2 amide bonds. The van der Waals surface area contributed by atoms with Gasteiger partial charge in [-0.05, 0) is 48.5 Å². The number of hydrogen-bond donors (Lipinski definition) is 2. The third kappa shape index (κ3) is 8.73. The van der Waals surface area contributed by atoms with Gasteiger partial charge in [0.1, 0.15) is 45.9 Å². The highest BCUT2D eigenvalue weighted by Gasteiger charge is 2.33. The lowest BCUT2D eigenvalue weighted by Crippen LogP contribution is -2.16. The van der Waals surface area contributed by atoms with E-state index in [4.69, 9.17) is 0 Å². The van der Waals surface area contributed by atoms with Crippen molar-refractivity contribution in [1.29, 1.82) is 0 Å². The number of aromatic nitrogens is 5. The molecule has 0 bridgehead atoms. The first kappa shape index (κ1) is 38.7. The van der Waals surface area contributed by atoms with Crippen LogP contribution in [-0.2, 0) is 26.4 Å². The average molecular weight is 764 g/mol. The van der Waals surface area contributed by atoms with Crippen molar-refractivity contribution in [3.8, 4) is 22.6 Å². The first-order valence-electron chi connectivity index (χ1n) is 15.1. The van der Waals surface area contributed by atoms with E-state index in [1.54, 1.807) is 0 Å². The van der Waals surface area contributed by atoms with E-state index < -0.39 is 69.7 Å². The number of carbonyl (C=O) groups is 2. The van der Waals surface area contributed by atoms with Crippen molar-refractivity contribution >= 4 is 23.5 Å². The number of carbonyl (C=O) groups excluding carboxylic acids is 2. The van der Waals surface area contributed by atoms with E-state index in [9.17, 15) is 53.5 Å². The number of pyridine rings is 1. The Balaban J connectivity index is 0.000000208. The molecule has 6 aromatic rings. The molecule has 0 unspecified atom stereocenters. The van der Waals surface area contributed by atoms with Gasteiger partial charge >= 0.3 is 12.4 Å². The minimum absolute atomic E-state index is 0.00310. The summed E-state index contributed by atoms with van der Waals surface area (Å²) in [5, 5.41) is 4.43. The second kappa shape index (κ2) is 15.2. The Labute approximate surface area is 297 Å². The first-order chi connectivity index (χ1) is 25.3. The summed E-state index contributed by atoms with van der Waals surface area (Å²) in [6, 6.07) is 10.7. The van der Waals surface area contributed by atoms with E-state index in [1.165, 1.54) is 41.6 Å². The summed E-state index contributed by atoms with van der Waals surface area (Å²) in [4.78, 5) is 35.7. The van der Waals surface area contributed by atoms with Gasteiger partial charge in [-0.1, -0.05) is 12.1 Å². The number of nitrogens with zero attached hydrogens (tertiary/aromatic N) is 5. The summed E-state index contributed by atoms with van der Waals surface area (Å²) in [5.41, 5.74) is -2.23. The van der Waals surface area contributed by atoms with Crippen molar-refractivity contribution < 1.29 is 53.5 Å². The molecule has 2 aromatic carbocycles. The Hall–Kier alpha value is -6.53. The zero-order valence-electron chi connectivity index (χ0n) is 27.5. The van der Waals surface area contributed by atoms with E-state index in [1.807, 2.05) is 0 Å². The number of nitrogens with one attached hydrogen (secondary N) is 2. The molecule has 54 heavy (non-hydrogen) atoms. The van der Waals surface area contributed by atoms with Gasteiger partial charge in [0.25, 0.3) is 11.8 Å². The Morgan fingerprint density at radius 2 is 1.02 bits per heavy atom. The van der Waals surface area contributed by atoms with Gasteiger partial charge in [0.2, 0.25) is 0 Å². The summed E-state index contributed by atoms with van der Waals surface area (Å²) in [5.74, 6) is -6.33. The van der Waals surface area contributed by atoms with Crippen LogP contribution in [0.15, 0.2) is 91.6 Å². The quantitative estimate of drug-likeness (QED) is 0.165. The van der Waals surface area contributed by atoms with Gasteiger partial charge in [0, 0.05) is 43.9 Å². The Bertz CT molecular complexity index is 2110. The normalized spacial score (nSPS) is 11.5. The molecule has 0 spiro atoms. The zero-order chi connectivity index (χ0) is 39.5. The lowest BCUT2D eigenvalue weighted by molar-refractivity contribution is -0.138. The number of benzene rings is 2. The Morgan fingerprint density at radius 1 is 0.574 bits per heavy atom. The van der Waals surface area contributed by atoms with Gasteiger partial charge in [-0.25, -0.2) is 32.5 Å². The molecule has 280 valence electrons. The van der Waals surface area contributed by atoms with E-state index >= 15 is 0 Å². The third-order valence-electron chi connectivity index (χ3n) is 7.50. The Kier molecular flexibility index (Phi) is 10.9. The van der Waals surface area contributed by atoms with Gasteiger partial charge < -0.3 is 19.8 Å². The second-order valence-electron chi connectivity index (χ2n) is 11.3. The van der Waals surface area contributed by atoms with Crippen molar-refractivity contribution in [1.82, 2.24) is 24.1 Å². The average Bonchev–Trinajstić information content (AvgIpc) is 3.69. The molecule has 6 rings (SSSR count). The highest BCUT2D eigenvalue weighted by Crippen LogP contribution is 2.34. The molecule has 0 aliphatic heterocycles. The molecule has 4 aromatic heterocycles. The lowest BCUT2D eigenvalue weighted by Gasteiger charge is -2.08. The van der Waals surface area contributed by atoms with Crippen LogP contribution in [0.3, 0.4) is 0 Å². The van der Waals surface area contributed by atoms with Gasteiger partial charge in [-0.15, -0.1) is 0 Å². The van der Waals surface area contributed by atoms with Crippen molar-refractivity contribution in [3.05, 3.63) is 137 Å². The van der Waals surface area contributed by atoms with Crippen molar-refractivity contribution in [2.45, 2.75) is 12.4 Å². The van der Waals surface area contributed by atoms with Crippen LogP contribution in [0.4, 0.5) is 55.5 Å². The van der Waals surface area contributed by atoms with Crippen molar-refractivity contribution in [2.24, 2.45) is 14.1 Å². The van der Waals surface area contributed by atoms with Gasteiger partial charge in [0.05, 0.1) is 29.2 Å². The minimum Gasteiger partial charge on any atom is -0.350 e. The van der Waals surface area contributed by atoms with Gasteiger partial charge in [-0.3, -0.25) is 9.59 Å². The van der Waals surface area contributed by atoms with Crippen LogP contribution in [0.1, 0.15) is 31.8 Å². The van der Waals surface area contributed by atoms with Crippen LogP contribution in [0.2, 0.25) is 0 Å². The molecule has 0 saturated heterocycles. The maximum Gasteiger partial charge on any atom is 0.417 e. The highest BCUT2D eigenvalue weighted by atomic mass is 19.4. The van der Waals surface area contributed by atoms with Crippen LogP contribution < -0.4 is 10.6 Å². The minimum atomic E-state index is -4.50. The molecular weight excluding hydrogens is 740 g/mol. The molecule has 19 heteroatoms. The molecule has 9 nitrogen and oxygen atoms in total. The molecular formula is C35H23F10N7O2. The number of halogens is 10. The second-order valence-corrected chi connectivity index (χ2v) is 11.3. The monoisotopic (exact) mass is 763 g/mol. The largest absolute Gasteiger partial charge is 0.417 e. The number of hydrogen-bond acceptors (Lipinski definition) is 5. The highest BCUT2D eigenvalue weighted by molar-refractivity contribution is 6.04. The number of alkyl halides is 6. The first-order valence-corrected chi connectivity index (χ1v) is 15.1. The van der Waals surface area contributed by atoms with Gasteiger partial charge in [-0.2, -0.15) is 26.3 Å². The molecule has 0 aliphatic rings. The number of aryl methyl sites for hydroxylation is 2. The molecule has 4 heterocycles. The third-order valence-corrected chi connectivity index (χ3v) is 7.50. The maximum absolute atomic E-state index is 13.6. The summed E-state index contributed by atoms with van der Waals surface area (Å²) >= 11 is 0. The van der Waals surface area contributed by atoms with Crippen LogP contribution >= 0.6 is 0 Å².